The Morgan fingerprint density at radius 1 is 1.29 bits per heavy atom. The van der Waals surface area contributed by atoms with E-state index in [1.54, 1.807) is 0 Å². The number of hydrogen-bond donors (Lipinski definition) is 1. The number of pyridine rings is 1. The molecule has 0 radical (unpaired) electrons. The summed E-state index contributed by atoms with van der Waals surface area (Å²) in [5.41, 5.74) is 7.47. The Kier molecular flexibility index (Phi) is 2.74. The van der Waals surface area contributed by atoms with Crippen molar-refractivity contribution in [2.24, 2.45) is 17.6 Å². The summed E-state index contributed by atoms with van der Waals surface area (Å²) >= 11 is 4.91. The van der Waals surface area contributed by atoms with Gasteiger partial charge in [0.05, 0.1) is 17.6 Å². The molecule has 0 aromatic carbocycles. The molecule has 0 bridgehead atoms. The van der Waals surface area contributed by atoms with Crippen molar-refractivity contribution in [2.45, 2.75) is 19.3 Å². The van der Waals surface area contributed by atoms with E-state index in [0.717, 1.165) is 11.8 Å². The third-order valence-electron chi connectivity index (χ3n) is 4.09. The van der Waals surface area contributed by atoms with Gasteiger partial charge in [-0.1, -0.05) is 18.6 Å². The Hall–Kier alpha value is -1.16. The molecule has 1 aromatic heterocycles. The van der Waals surface area contributed by atoms with Gasteiger partial charge in [-0.25, -0.2) is 0 Å². The summed E-state index contributed by atoms with van der Waals surface area (Å²) in [6, 6.07) is 4.01. The van der Waals surface area contributed by atoms with E-state index in [2.05, 4.69) is 16.0 Å². The van der Waals surface area contributed by atoms with Crippen LogP contribution in [0.3, 0.4) is 0 Å². The zero-order valence-corrected chi connectivity index (χ0v) is 10.6. The number of thiocarbonyl (C=S) groups is 1. The lowest BCUT2D eigenvalue weighted by atomic mass is 10.0. The van der Waals surface area contributed by atoms with Crippen LogP contribution in [0, 0.1) is 11.8 Å². The van der Waals surface area contributed by atoms with Crippen molar-refractivity contribution in [1.29, 1.82) is 0 Å². The highest BCUT2D eigenvalue weighted by molar-refractivity contribution is 7.80. The first-order valence-electron chi connectivity index (χ1n) is 6.25. The second kappa shape index (κ2) is 4.26. The number of hydrogen-bond acceptors (Lipinski definition) is 3. The third-order valence-corrected chi connectivity index (χ3v) is 4.30. The van der Waals surface area contributed by atoms with E-state index in [-0.39, 0.29) is 0 Å². The predicted octanol–water partition coefficient (Wildman–Crippen LogP) is 1.95. The van der Waals surface area contributed by atoms with Crippen LogP contribution < -0.4 is 10.6 Å². The van der Waals surface area contributed by atoms with Gasteiger partial charge in [-0.15, -0.1) is 0 Å². The molecular formula is C13H17N3S. The van der Waals surface area contributed by atoms with Crippen LogP contribution in [0.15, 0.2) is 18.3 Å². The highest BCUT2D eigenvalue weighted by atomic mass is 32.1. The van der Waals surface area contributed by atoms with Gasteiger partial charge in [-0.2, -0.15) is 0 Å². The van der Waals surface area contributed by atoms with Crippen LogP contribution in [0.5, 0.6) is 0 Å². The number of fused-ring (bicyclic) bond motifs is 1. The molecule has 1 aliphatic carbocycles. The van der Waals surface area contributed by atoms with Gasteiger partial charge in [-0.05, 0) is 36.8 Å². The molecule has 0 spiro atoms. The van der Waals surface area contributed by atoms with E-state index in [9.17, 15) is 0 Å². The first kappa shape index (κ1) is 11.0. The number of rotatable bonds is 2. The highest BCUT2D eigenvalue weighted by Gasteiger charge is 2.36. The van der Waals surface area contributed by atoms with Crippen molar-refractivity contribution in [2.75, 3.05) is 18.0 Å². The zero-order valence-electron chi connectivity index (χ0n) is 9.80. The number of aromatic nitrogens is 1. The van der Waals surface area contributed by atoms with Crippen molar-refractivity contribution < 1.29 is 0 Å². The van der Waals surface area contributed by atoms with Crippen LogP contribution in [0.2, 0.25) is 0 Å². The van der Waals surface area contributed by atoms with E-state index < -0.39 is 0 Å². The Labute approximate surface area is 107 Å². The molecule has 2 heterocycles. The summed E-state index contributed by atoms with van der Waals surface area (Å²) < 4.78 is 0. The van der Waals surface area contributed by atoms with Gasteiger partial charge in [-0.3, -0.25) is 4.98 Å². The summed E-state index contributed by atoms with van der Waals surface area (Å²) in [6.07, 6.45) is 6.12. The normalized spacial score (nSPS) is 27.2. The lowest BCUT2D eigenvalue weighted by Crippen LogP contribution is -2.21. The fourth-order valence-corrected chi connectivity index (χ4v) is 3.29. The zero-order chi connectivity index (χ0) is 11.8. The van der Waals surface area contributed by atoms with E-state index in [0.29, 0.717) is 10.7 Å². The largest absolute Gasteiger partial charge is 0.388 e. The minimum Gasteiger partial charge on any atom is -0.388 e. The average Bonchev–Trinajstić information content (AvgIpc) is 2.89. The van der Waals surface area contributed by atoms with E-state index in [4.69, 9.17) is 18.0 Å². The second-order valence-corrected chi connectivity index (χ2v) is 5.56. The molecule has 2 fully saturated rings. The molecule has 1 aromatic rings. The average molecular weight is 247 g/mol. The molecule has 4 heteroatoms. The maximum Gasteiger partial charge on any atom is 0.122 e. The number of nitrogens with zero attached hydrogens (tertiary/aromatic N) is 2. The van der Waals surface area contributed by atoms with Crippen molar-refractivity contribution in [3.63, 3.8) is 0 Å². The van der Waals surface area contributed by atoms with Crippen LogP contribution in [-0.2, 0) is 0 Å². The Morgan fingerprint density at radius 2 is 2.00 bits per heavy atom. The number of anilines is 1. The van der Waals surface area contributed by atoms with Crippen molar-refractivity contribution in [3.8, 4) is 0 Å². The van der Waals surface area contributed by atoms with Gasteiger partial charge >= 0.3 is 0 Å². The van der Waals surface area contributed by atoms with E-state index in [1.807, 2.05) is 12.3 Å². The van der Waals surface area contributed by atoms with Gasteiger partial charge in [0.15, 0.2) is 0 Å². The van der Waals surface area contributed by atoms with E-state index >= 15 is 0 Å². The minimum atomic E-state index is 0.370. The van der Waals surface area contributed by atoms with Crippen LogP contribution in [0.25, 0.3) is 0 Å². The van der Waals surface area contributed by atoms with Gasteiger partial charge < -0.3 is 10.6 Å². The first-order valence-corrected chi connectivity index (χ1v) is 6.65. The van der Waals surface area contributed by atoms with Crippen LogP contribution in [0.4, 0.5) is 5.69 Å². The Morgan fingerprint density at radius 3 is 2.53 bits per heavy atom. The lowest BCUT2D eigenvalue weighted by molar-refractivity contribution is 0.494. The SMILES string of the molecule is NC(=S)c1ccc(N2CC3CCCC3C2)cn1. The monoisotopic (exact) mass is 247 g/mol. The second-order valence-electron chi connectivity index (χ2n) is 5.12. The number of nitrogens with two attached hydrogens (primary N) is 1. The molecule has 2 atom stereocenters. The maximum atomic E-state index is 5.55. The molecule has 3 rings (SSSR count). The Balaban J connectivity index is 1.75. The summed E-state index contributed by atoms with van der Waals surface area (Å²) in [4.78, 5) is 7.13. The van der Waals surface area contributed by atoms with Crippen LogP contribution >= 0.6 is 12.2 Å². The lowest BCUT2D eigenvalue weighted by Gasteiger charge is -2.19. The fraction of sp³-hybridized carbons (Fsp3) is 0.538. The van der Waals surface area contributed by atoms with Crippen LogP contribution in [0.1, 0.15) is 25.0 Å². The van der Waals surface area contributed by atoms with E-state index in [1.165, 1.54) is 38.0 Å². The van der Waals surface area contributed by atoms with Gasteiger partial charge in [0.25, 0.3) is 0 Å². The molecular weight excluding hydrogens is 230 g/mol. The summed E-state index contributed by atoms with van der Waals surface area (Å²) in [5, 5.41) is 0. The standard InChI is InChI=1S/C13H17N3S/c14-13(17)12-5-4-11(6-15-12)16-7-9-2-1-3-10(9)8-16/h4-6,9-10H,1-3,7-8H2,(H2,14,17). The summed E-state index contributed by atoms with van der Waals surface area (Å²) in [7, 11) is 0. The Bertz CT molecular complexity index is 417. The van der Waals surface area contributed by atoms with Gasteiger partial charge in [0.1, 0.15) is 4.99 Å². The molecule has 2 unspecified atom stereocenters. The highest BCUT2D eigenvalue weighted by Crippen LogP contribution is 2.39. The van der Waals surface area contributed by atoms with Gasteiger partial charge in [0.2, 0.25) is 0 Å². The van der Waals surface area contributed by atoms with Crippen molar-refractivity contribution in [1.82, 2.24) is 4.98 Å². The van der Waals surface area contributed by atoms with Gasteiger partial charge in [0, 0.05) is 13.1 Å². The predicted molar refractivity (Wildman–Crippen MR) is 73.2 cm³/mol. The summed E-state index contributed by atoms with van der Waals surface area (Å²) in [6.45, 7) is 2.39. The quantitative estimate of drug-likeness (QED) is 0.811. The summed E-state index contributed by atoms with van der Waals surface area (Å²) in [5.74, 6) is 1.82. The fourth-order valence-electron chi connectivity index (χ4n) is 3.16. The first-order chi connectivity index (χ1) is 8.24. The third kappa shape index (κ3) is 2.02. The molecule has 17 heavy (non-hydrogen) atoms. The van der Waals surface area contributed by atoms with Crippen LogP contribution in [-0.4, -0.2) is 23.1 Å². The van der Waals surface area contributed by atoms with Crippen molar-refractivity contribution in [3.05, 3.63) is 24.0 Å². The molecule has 2 aliphatic rings. The molecule has 3 nitrogen and oxygen atoms in total. The van der Waals surface area contributed by atoms with Crippen molar-refractivity contribution >= 4 is 22.9 Å². The molecule has 0 amide bonds. The molecule has 90 valence electrons. The topological polar surface area (TPSA) is 42.1 Å². The molecule has 1 aliphatic heterocycles. The smallest absolute Gasteiger partial charge is 0.122 e. The molecule has 1 saturated heterocycles. The molecule has 2 N–H and O–H groups in total. The minimum absolute atomic E-state index is 0.370. The maximum absolute atomic E-state index is 5.55. The molecule has 1 saturated carbocycles.